The molecule has 0 unspecified atom stereocenters. The largest absolute Gasteiger partial charge is 0.493 e. The maximum Gasteiger partial charge on any atom is 0.187 e. The maximum atomic E-state index is 5.89. The summed E-state index contributed by atoms with van der Waals surface area (Å²) in [4.78, 5) is 0. The molecule has 1 aromatic carbocycles. The molecule has 0 radical (unpaired) electrons. The van der Waals surface area contributed by atoms with Gasteiger partial charge in [-0.3, -0.25) is 0 Å². The molecular formula is C10H13NO3. The van der Waals surface area contributed by atoms with E-state index in [9.17, 15) is 0 Å². The molecule has 0 bridgehead atoms. The van der Waals surface area contributed by atoms with Crippen molar-refractivity contribution in [3.63, 3.8) is 0 Å². The number of nitrogens with two attached hydrogens (primary N) is 1. The smallest absolute Gasteiger partial charge is 0.187 e. The van der Waals surface area contributed by atoms with Crippen molar-refractivity contribution < 1.29 is 14.2 Å². The van der Waals surface area contributed by atoms with Gasteiger partial charge in [0.2, 0.25) is 0 Å². The molecule has 14 heavy (non-hydrogen) atoms. The van der Waals surface area contributed by atoms with Crippen molar-refractivity contribution in [1.82, 2.24) is 0 Å². The van der Waals surface area contributed by atoms with Crippen LogP contribution in [0.5, 0.6) is 17.2 Å². The van der Waals surface area contributed by atoms with Crippen LogP contribution in [0.1, 0.15) is 5.56 Å². The molecule has 1 aliphatic heterocycles. The molecule has 0 saturated carbocycles. The lowest BCUT2D eigenvalue weighted by molar-refractivity contribution is 0.344. The van der Waals surface area contributed by atoms with Gasteiger partial charge < -0.3 is 19.9 Å². The van der Waals surface area contributed by atoms with E-state index in [-0.39, 0.29) is 0 Å². The Bertz CT molecular complexity index is 363. The van der Waals surface area contributed by atoms with Gasteiger partial charge >= 0.3 is 0 Å². The summed E-state index contributed by atoms with van der Waals surface area (Å²) < 4.78 is 15.8. The molecular weight excluding hydrogens is 182 g/mol. The number of rotatable bonds is 2. The first-order valence-electron chi connectivity index (χ1n) is 4.44. The molecule has 0 aliphatic carbocycles. The summed E-state index contributed by atoms with van der Waals surface area (Å²) in [7, 11) is 3.16. The van der Waals surface area contributed by atoms with E-state index in [0.29, 0.717) is 23.8 Å². The first-order chi connectivity index (χ1) is 6.77. The van der Waals surface area contributed by atoms with Crippen LogP contribution in [-0.2, 0) is 6.42 Å². The summed E-state index contributed by atoms with van der Waals surface area (Å²) in [5.74, 6) is 1.95. The number of nitrogen functional groups attached to an aromatic ring is 1. The Hall–Kier alpha value is -1.58. The Balaban J connectivity index is 2.60. The molecule has 1 aliphatic rings. The fraction of sp³-hybridized carbons (Fsp3) is 0.400. The van der Waals surface area contributed by atoms with E-state index in [1.165, 1.54) is 0 Å². The monoisotopic (exact) mass is 195 g/mol. The molecule has 0 spiro atoms. The molecule has 0 fully saturated rings. The predicted octanol–water partition coefficient (Wildman–Crippen LogP) is 1.22. The van der Waals surface area contributed by atoms with Crippen molar-refractivity contribution in [3.8, 4) is 17.2 Å². The zero-order valence-corrected chi connectivity index (χ0v) is 8.29. The topological polar surface area (TPSA) is 53.7 Å². The Morgan fingerprint density at radius 1 is 1.36 bits per heavy atom. The highest BCUT2D eigenvalue weighted by atomic mass is 16.5. The van der Waals surface area contributed by atoms with Crippen LogP contribution in [0.4, 0.5) is 5.69 Å². The van der Waals surface area contributed by atoms with Crippen molar-refractivity contribution >= 4 is 5.69 Å². The molecule has 0 amide bonds. The lowest BCUT2D eigenvalue weighted by Gasteiger charge is -2.12. The fourth-order valence-electron chi connectivity index (χ4n) is 1.68. The van der Waals surface area contributed by atoms with Crippen LogP contribution in [0.3, 0.4) is 0 Å². The maximum absolute atomic E-state index is 5.89. The lowest BCUT2D eigenvalue weighted by atomic mass is 10.1. The third kappa shape index (κ3) is 1.14. The minimum absolute atomic E-state index is 0.527. The van der Waals surface area contributed by atoms with Crippen molar-refractivity contribution in [1.29, 1.82) is 0 Å². The normalized spacial score (nSPS) is 13.3. The highest BCUT2D eigenvalue weighted by Gasteiger charge is 2.22. The molecule has 1 heterocycles. The second kappa shape index (κ2) is 3.29. The van der Waals surface area contributed by atoms with Crippen LogP contribution >= 0.6 is 0 Å². The average Bonchev–Trinajstić information content (AvgIpc) is 2.65. The quantitative estimate of drug-likeness (QED) is 0.721. The van der Waals surface area contributed by atoms with Gasteiger partial charge in [0.25, 0.3) is 0 Å². The third-order valence-corrected chi connectivity index (χ3v) is 2.35. The van der Waals surface area contributed by atoms with E-state index in [4.69, 9.17) is 19.9 Å². The second-order valence-electron chi connectivity index (χ2n) is 3.11. The minimum atomic E-state index is 0.527. The summed E-state index contributed by atoms with van der Waals surface area (Å²) in [6.07, 6.45) is 0.875. The molecule has 1 aromatic rings. The summed E-state index contributed by atoms with van der Waals surface area (Å²) in [5.41, 5.74) is 7.50. The van der Waals surface area contributed by atoms with Gasteiger partial charge in [-0.25, -0.2) is 0 Å². The Morgan fingerprint density at radius 2 is 2.14 bits per heavy atom. The summed E-state index contributed by atoms with van der Waals surface area (Å²) >= 11 is 0. The Kier molecular flexibility index (Phi) is 2.11. The van der Waals surface area contributed by atoms with Gasteiger partial charge in [0, 0.05) is 12.0 Å². The summed E-state index contributed by atoms with van der Waals surface area (Å²) in [5, 5.41) is 0. The third-order valence-electron chi connectivity index (χ3n) is 2.35. The lowest BCUT2D eigenvalue weighted by Crippen LogP contribution is -1.98. The van der Waals surface area contributed by atoms with Crippen LogP contribution in [-0.4, -0.2) is 20.8 Å². The number of ether oxygens (including phenoxy) is 3. The number of methoxy groups -OCH3 is 2. The molecule has 2 N–H and O–H groups in total. The van der Waals surface area contributed by atoms with Crippen molar-refractivity contribution in [2.45, 2.75) is 6.42 Å². The van der Waals surface area contributed by atoms with Gasteiger partial charge in [0.1, 0.15) is 11.4 Å². The van der Waals surface area contributed by atoms with Crippen LogP contribution in [0, 0.1) is 0 Å². The number of fused-ring (bicyclic) bond motifs is 1. The predicted molar refractivity (Wildman–Crippen MR) is 53.2 cm³/mol. The zero-order chi connectivity index (χ0) is 10.1. The Labute approximate surface area is 82.6 Å². The van der Waals surface area contributed by atoms with E-state index < -0.39 is 0 Å². The van der Waals surface area contributed by atoms with Gasteiger partial charge in [-0.05, 0) is 6.07 Å². The molecule has 0 saturated heterocycles. The van der Waals surface area contributed by atoms with Crippen LogP contribution in [0.15, 0.2) is 6.07 Å². The number of benzene rings is 1. The average molecular weight is 195 g/mol. The fourth-order valence-corrected chi connectivity index (χ4v) is 1.68. The molecule has 0 atom stereocenters. The standard InChI is InChI=1S/C10H13NO3/c1-12-7-5-6-3-4-14-9(6)8(11)10(7)13-2/h5H,3-4,11H2,1-2H3. The second-order valence-corrected chi connectivity index (χ2v) is 3.11. The van der Waals surface area contributed by atoms with Gasteiger partial charge in [-0.1, -0.05) is 0 Å². The van der Waals surface area contributed by atoms with Crippen LogP contribution < -0.4 is 19.9 Å². The van der Waals surface area contributed by atoms with E-state index in [0.717, 1.165) is 17.7 Å². The van der Waals surface area contributed by atoms with E-state index in [1.54, 1.807) is 14.2 Å². The van der Waals surface area contributed by atoms with E-state index in [1.807, 2.05) is 6.07 Å². The SMILES string of the molecule is COc1cc2c(c(N)c1OC)OCC2. The van der Waals surface area contributed by atoms with Gasteiger partial charge in [0.05, 0.1) is 20.8 Å². The van der Waals surface area contributed by atoms with Crippen molar-refractivity contribution in [2.75, 3.05) is 26.6 Å². The van der Waals surface area contributed by atoms with Crippen LogP contribution in [0.25, 0.3) is 0 Å². The van der Waals surface area contributed by atoms with E-state index >= 15 is 0 Å². The number of hydrogen-bond donors (Lipinski definition) is 1. The van der Waals surface area contributed by atoms with Gasteiger partial charge in [-0.15, -0.1) is 0 Å². The van der Waals surface area contributed by atoms with Gasteiger partial charge in [0.15, 0.2) is 11.5 Å². The Morgan fingerprint density at radius 3 is 2.79 bits per heavy atom. The first kappa shape index (κ1) is 8.99. The summed E-state index contributed by atoms with van der Waals surface area (Å²) in [6.45, 7) is 0.676. The molecule has 0 aromatic heterocycles. The van der Waals surface area contributed by atoms with Crippen molar-refractivity contribution in [2.24, 2.45) is 0 Å². The molecule has 76 valence electrons. The molecule has 4 heteroatoms. The van der Waals surface area contributed by atoms with Gasteiger partial charge in [-0.2, -0.15) is 0 Å². The summed E-state index contributed by atoms with van der Waals surface area (Å²) in [6, 6.07) is 1.91. The first-order valence-corrected chi connectivity index (χ1v) is 4.44. The van der Waals surface area contributed by atoms with Crippen molar-refractivity contribution in [3.05, 3.63) is 11.6 Å². The molecule has 2 rings (SSSR count). The number of hydrogen-bond acceptors (Lipinski definition) is 4. The van der Waals surface area contributed by atoms with E-state index in [2.05, 4.69) is 0 Å². The van der Waals surface area contributed by atoms with Crippen LogP contribution in [0.2, 0.25) is 0 Å². The zero-order valence-electron chi connectivity index (χ0n) is 8.29. The highest BCUT2D eigenvalue weighted by molar-refractivity contribution is 5.72. The highest BCUT2D eigenvalue weighted by Crippen LogP contribution is 2.44. The molecule has 4 nitrogen and oxygen atoms in total. The number of anilines is 1. The minimum Gasteiger partial charge on any atom is -0.493 e.